The van der Waals surface area contributed by atoms with Gasteiger partial charge in [0.15, 0.2) is 0 Å². The van der Waals surface area contributed by atoms with Crippen molar-refractivity contribution in [3.8, 4) is 21.3 Å². The van der Waals surface area contributed by atoms with Crippen molar-refractivity contribution in [3.05, 3.63) is 65.7 Å². The molecule has 0 saturated heterocycles. The van der Waals surface area contributed by atoms with E-state index in [9.17, 15) is 0 Å². The van der Waals surface area contributed by atoms with Crippen molar-refractivity contribution in [2.24, 2.45) is 0 Å². The quantitative estimate of drug-likeness (QED) is 0.657. The zero-order chi connectivity index (χ0) is 11.5. The summed E-state index contributed by atoms with van der Waals surface area (Å²) in [7, 11) is 0. The molecule has 1 aromatic heterocycles. The van der Waals surface area contributed by atoms with E-state index in [1.54, 1.807) is 0 Å². The van der Waals surface area contributed by atoms with E-state index >= 15 is 0 Å². The summed E-state index contributed by atoms with van der Waals surface area (Å²) in [6, 6.07) is 19.1. The Morgan fingerprint density at radius 3 is 2.29 bits per heavy atom. The molecule has 0 aliphatic heterocycles. The van der Waals surface area contributed by atoms with E-state index in [4.69, 9.17) is 0 Å². The van der Waals surface area contributed by atoms with Gasteiger partial charge in [-0.25, -0.2) is 0 Å². The first-order valence-electron chi connectivity index (χ1n) is 5.49. The van der Waals surface area contributed by atoms with Gasteiger partial charge < -0.3 is 0 Å². The van der Waals surface area contributed by atoms with Gasteiger partial charge in [0.2, 0.25) is 0 Å². The van der Waals surface area contributed by atoms with E-state index < -0.39 is 0 Å². The number of aromatic nitrogens is 1. The van der Waals surface area contributed by atoms with Crippen molar-refractivity contribution < 1.29 is 0 Å². The van der Waals surface area contributed by atoms with Crippen molar-refractivity contribution in [1.29, 1.82) is 0 Å². The van der Waals surface area contributed by atoms with Crippen molar-refractivity contribution >= 4 is 14.5 Å². The van der Waals surface area contributed by atoms with Crippen LogP contribution >= 0.6 is 0 Å². The molecule has 2 aromatic carbocycles. The standard InChI is InChI=1S/C15H11NSe/c1-2-5-12(6-3-1)13-7-4-8-14(11-13)15-16-9-10-17-15/h1-11H. The molecule has 0 fully saturated rings. The van der Waals surface area contributed by atoms with Gasteiger partial charge in [0, 0.05) is 0 Å². The minimum absolute atomic E-state index is 0.398. The van der Waals surface area contributed by atoms with Gasteiger partial charge in [-0.1, -0.05) is 0 Å². The Morgan fingerprint density at radius 2 is 1.53 bits per heavy atom. The SMILES string of the molecule is c1ccc(-c2cccc(-c3ncc[se]3)c2)cc1. The van der Waals surface area contributed by atoms with Crippen LogP contribution in [-0.2, 0) is 0 Å². The summed E-state index contributed by atoms with van der Waals surface area (Å²) in [6.45, 7) is 0. The molecule has 0 spiro atoms. The van der Waals surface area contributed by atoms with E-state index in [2.05, 4.69) is 58.5 Å². The molecule has 0 atom stereocenters. The zero-order valence-corrected chi connectivity index (χ0v) is 10.9. The maximum absolute atomic E-state index is 4.40. The van der Waals surface area contributed by atoms with E-state index in [1.165, 1.54) is 21.3 Å². The molecule has 17 heavy (non-hydrogen) atoms. The maximum atomic E-state index is 4.40. The predicted molar refractivity (Wildman–Crippen MR) is 72.0 cm³/mol. The van der Waals surface area contributed by atoms with Gasteiger partial charge in [0.05, 0.1) is 0 Å². The van der Waals surface area contributed by atoms with Crippen LogP contribution in [0.15, 0.2) is 65.7 Å². The molecule has 1 heterocycles. The van der Waals surface area contributed by atoms with E-state index in [0.717, 1.165) is 0 Å². The van der Waals surface area contributed by atoms with Crippen LogP contribution < -0.4 is 0 Å². The van der Waals surface area contributed by atoms with Crippen LogP contribution in [0.1, 0.15) is 0 Å². The molecule has 0 aliphatic carbocycles. The molecule has 3 rings (SSSR count). The molecule has 0 aliphatic rings. The monoisotopic (exact) mass is 285 g/mol. The molecule has 3 aromatic rings. The summed E-state index contributed by atoms with van der Waals surface area (Å²) in [5, 5.41) is 0. The Balaban J connectivity index is 2.06. The number of rotatable bonds is 2. The molecular weight excluding hydrogens is 273 g/mol. The number of nitrogens with zero attached hydrogens (tertiary/aromatic N) is 1. The molecule has 0 saturated carbocycles. The third-order valence-corrected chi connectivity index (χ3v) is 4.37. The normalized spacial score (nSPS) is 10.4. The van der Waals surface area contributed by atoms with E-state index in [1.807, 2.05) is 12.3 Å². The van der Waals surface area contributed by atoms with Crippen LogP contribution in [0.3, 0.4) is 0 Å². The molecular formula is C15H11NSe. The average molecular weight is 284 g/mol. The van der Waals surface area contributed by atoms with Crippen LogP contribution in [0, 0.1) is 0 Å². The summed E-state index contributed by atoms with van der Waals surface area (Å²) >= 11 is 0.398. The minimum atomic E-state index is 0.398. The molecule has 0 amide bonds. The first kappa shape index (κ1) is 10.5. The Labute approximate surface area is 107 Å². The van der Waals surface area contributed by atoms with Gasteiger partial charge >= 0.3 is 106 Å². The molecule has 0 bridgehead atoms. The second-order valence-corrected chi connectivity index (χ2v) is 5.66. The topological polar surface area (TPSA) is 12.9 Å². The van der Waals surface area contributed by atoms with Gasteiger partial charge in [-0.05, 0) is 0 Å². The second kappa shape index (κ2) is 4.70. The third kappa shape index (κ3) is 2.23. The van der Waals surface area contributed by atoms with Gasteiger partial charge in [0.1, 0.15) is 0 Å². The Morgan fingerprint density at radius 1 is 0.765 bits per heavy atom. The van der Waals surface area contributed by atoms with Gasteiger partial charge in [-0.15, -0.1) is 0 Å². The second-order valence-electron chi connectivity index (χ2n) is 3.78. The molecule has 0 unspecified atom stereocenters. The summed E-state index contributed by atoms with van der Waals surface area (Å²) in [5.41, 5.74) is 3.76. The predicted octanol–water partition coefficient (Wildman–Crippen LogP) is 3.47. The van der Waals surface area contributed by atoms with Crippen LogP contribution in [0.25, 0.3) is 21.3 Å². The van der Waals surface area contributed by atoms with Crippen LogP contribution in [0.2, 0.25) is 0 Å². The van der Waals surface area contributed by atoms with Crippen LogP contribution in [0.5, 0.6) is 0 Å². The summed E-state index contributed by atoms with van der Waals surface area (Å²) < 4.78 is 1.22. The van der Waals surface area contributed by atoms with Crippen LogP contribution in [0.4, 0.5) is 0 Å². The van der Waals surface area contributed by atoms with Gasteiger partial charge in [0.25, 0.3) is 0 Å². The summed E-state index contributed by atoms with van der Waals surface area (Å²) in [4.78, 5) is 6.55. The molecule has 0 radical (unpaired) electrons. The van der Waals surface area contributed by atoms with Crippen molar-refractivity contribution in [2.75, 3.05) is 0 Å². The Bertz CT molecular complexity index is 600. The fourth-order valence-corrected chi connectivity index (χ4v) is 3.16. The fraction of sp³-hybridized carbons (Fsp3) is 0. The van der Waals surface area contributed by atoms with Gasteiger partial charge in [-0.3, -0.25) is 0 Å². The molecule has 0 N–H and O–H groups in total. The zero-order valence-electron chi connectivity index (χ0n) is 9.21. The first-order chi connectivity index (χ1) is 8.43. The first-order valence-corrected chi connectivity index (χ1v) is 7.33. The van der Waals surface area contributed by atoms with Gasteiger partial charge in [-0.2, -0.15) is 0 Å². The number of benzene rings is 2. The molecule has 2 heteroatoms. The van der Waals surface area contributed by atoms with Crippen LogP contribution in [-0.4, -0.2) is 19.5 Å². The Hall–Kier alpha value is -1.63. The summed E-state index contributed by atoms with van der Waals surface area (Å²) in [6.07, 6.45) is 1.91. The molecule has 82 valence electrons. The van der Waals surface area contributed by atoms with E-state index in [-0.39, 0.29) is 0 Å². The Kier molecular flexibility index (Phi) is 2.91. The summed E-state index contributed by atoms with van der Waals surface area (Å²) in [5.74, 6) is 0. The van der Waals surface area contributed by atoms with Crippen molar-refractivity contribution in [3.63, 3.8) is 0 Å². The van der Waals surface area contributed by atoms with Crippen molar-refractivity contribution in [2.45, 2.75) is 0 Å². The number of hydrogen-bond donors (Lipinski definition) is 0. The average Bonchev–Trinajstić information content (AvgIpc) is 2.94. The fourth-order valence-electron chi connectivity index (χ4n) is 1.83. The number of hydrogen-bond acceptors (Lipinski definition) is 1. The van der Waals surface area contributed by atoms with Crippen molar-refractivity contribution in [1.82, 2.24) is 4.98 Å². The molecule has 1 nitrogen and oxygen atoms in total. The third-order valence-electron chi connectivity index (χ3n) is 2.65. The van der Waals surface area contributed by atoms with E-state index in [0.29, 0.717) is 14.5 Å².